The Morgan fingerprint density at radius 2 is 1.32 bits per heavy atom. The molecule has 4 aromatic carbocycles. The van der Waals surface area contributed by atoms with E-state index in [4.69, 9.17) is 23.4 Å². The summed E-state index contributed by atoms with van der Waals surface area (Å²) in [5.41, 5.74) is 0.337. The van der Waals surface area contributed by atoms with Crippen molar-refractivity contribution in [3.63, 3.8) is 0 Å². The molecule has 0 aliphatic heterocycles. The van der Waals surface area contributed by atoms with Crippen molar-refractivity contribution >= 4 is 58.8 Å². The van der Waals surface area contributed by atoms with Crippen LogP contribution in [-0.2, 0) is 31.7 Å². The quantitative estimate of drug-likeness (QED) is 0.0458. The summed E-state index contributed by atoms with van der Waals surface area (Å²) in [5.74, 6) is -12.9. The van der Waals surface area contributed by atoms with Crippen LogP contribution >= 0.6 is 22.7 Å². The van der Waals surface area contributed by atoms with Gasteiger partial charge in [-0.25, -0.2) is 4.79 Å². The summed E-state index contributed by atoms with van der Waals surface area (Å²) in [5, 5.41) is 12.4. The van der Waals surface area contributed by atoms with Crippen molar-refractivity contribution in [2.75, 3.05) is 40.0 Å². The first kappa shape index (κ1) is 54.0. The number of benzene rings is 4. The Hall–Kier alpha value is -5.78. The van der Waals surface area contributed by atoms with Crippen LogP contribution in [0.25, 0.3) is 25.8 Å². The monoisotopic (exact) mass is 1040 g/mol. The van der Waals surface area contributed by atoms with Crippen LogP contribution in [0.2, 0.25) is 5.04 Å². The third-order valence-corrected chi connectivity index (χ3v) is 19.9. The standard InChI is InChI=1S/C56H61F4NO8S2Si/c1-37-47(48-50(62)55(57,58)56(59,60)51(48)63)44(30-34-68-72(54(5,6)7,42-16-11-9-12-17-42)43-18-13-10-14-19-43)49(70-37)46-29-28-45(71-46)39-22-26-41(27-23-39)67-35-32-61(52(64)69-53(2,3)4)31-15-33-66-36-38-20-24-40(65-8)25-21-38/h9-14,16-29,62H,15,30-36H2,1-8H3. The van der Waals surface area contributed by atoms with Gasteiger partial charge in [-0.3, -0.25) is 4.79 Å². The molecule has 0 radical (unpaired) electrons. The third kappa shape index (κ3) is 11.5. The van der Waals surface area contributed by atoms with Crippen LogP contribution in [-0.4, -0.2) is 87.7 Å². The van der Waals surface area contributed by atoms with Gasteiger partial charge < -0.3 is 33.4 Å². The lowest BCUT2D eigenvalue weighted by atomic mass is 9.96. The third-order valence-electron chi connectivity index (χ3n) is 12.4. The Morgan fingerprint density at radius 3 is 1.88 bits per heavy atom. The normalized spacial score (nSPS) is 14.7. The molecule has 0 saturated carbocycles. The minimum absolute atomic E-state index is 0.0491. The average molecular weight is 1040 g/mol. The summed E-state index contributed by atoms with van der Waals surface area (Å²) in [6, 6.07) is 38.7. The zero-order chi connectivity index (χ0) is 52.1. The van der Waals surface area contributed by atoms with E-state index in [1.807, 2.05) is 142 Å². The van der Waals surface area contributed by atoms with Crippen LogP contribution in [0.5, 0.6) is 11.5 Å². The fourth-order valence-corrected chi connectivity index (χ4v) is 15.8. The number of carbonyl (C=O) groups excluding carboxylic acids is 2. The molecule has 0 atom stereocenters. The highest BCUT2D eigenvalue weighted by Gasteiger charge is 2.71. The largest absolute Gasteiger partial charge is 0.506 e. The van der Waals surface area contributed by atoms with Gasteiger partial charge in [0.05, 0.1) is 25.8 Å². The molecule has 382 valence electrons. The van der Waals surface area contributed by atoms with Gasteiger partial charge >= 0.3 is 17.9 Å². The summed E-state index contributed by atoms with van der Waals surface area (Å²) in [6.45, 7) is 15.2. The Labute approximate surface area is 428 Å². The number of allylic oxidation sites excluding steroid dienone is 2. The molecule has 2 aromatic heterocycles. The summed E-state index contributed by atoms with van der Waals surface area (Å²) < 4.78 is 90.1. The molecule has 1 aliphatic rings. The average Bonchev–Trinajstić information content (AvgIpc) is 3.99. The lowest BCUT2D eigenvalue weighted by Crippen LogP contribution is -2.66. The highest BCUT2D eigenvalue weighted by molar-refractivity contribution is 7.24. The lowest BCUT2D eigenvalue weighted by Gasteiger charge is -2.43. The first-order chi connectivity index (χ1) is 34.1. The Balaban J connectivity index is 1.10. The Morgan fingerprint density at radius 1 is 0.722 bits per heavy atom. The van der Waals surface area contributed by atoms with Crippen molar-refractivity contribution in [2.24, 2.45) is 0 Å². The molecule has 1 amide bonds. The van der Waals surface area contributed by atoms with Gasteiger partial charge in [-0.1, -0.05) is 93.6 Å². The van der Waals surface area contributed by atoms with Crippen LogP contribution in [0.4, 0.5) is 22.4 Å². The zero-order valence-electron chi connectivity index (χ0n) is 41.8. The molecule has 1 aliphatic carbocycles. The van der Waals surface area contributed by atoms with E-state index in [0.717, 1.165) is 32.1 Å². The number of aryl methyl sites for hydroxylation is 1. The van der Waals surface area contributed by atoms with Crippen molar-refractivity contribution in [2.45, 2.75) is 90.4 Å². The number of alkyl halides is 4. The molecule has 0 bridgehead atoms. The molecule has 0 fully saturated rings. The first-order valence-electron chi connectivity index (χ1n) is 23.7. The number of rotatable bonds is 20. The number of thiophene rings is 2. The van der Waals surface area contributed by atoms with E-state index in [1.165, 1.54) is 22.7 Å². The fourth-order valence-electron chi connectivity index (χ4n) is 8.86. The van der Waals surface area contributed by atoms with Crippen molar-refractivity contribution in [3.05, 3.63) is 149 Å². The molecule has 2 heterocycles. The number of carbonyl (C=O) groups is 2. The van der Waals surface area contributed by atoms with Crippen molar-refractivity contribution in [1.29, 1.82) is 0 Å². The zero-order valence-corrected chi connectivity index (χ0v) is 44.4. The SMILES string of the molecule is COc1ccc(COCCCN(CCOc2ccc(-c3ccc(-c4sc(C)c(C5=C(O)C(F)(F)C(F)(F)C5=O)c4CCO[Si](c4ccccc4)(c4ccccc4)C(C)(C)C)s3)cc2)C(=O)OC(C)(C)C)cc1. The van der Waals surface area contributed by atoms with E-state index in [1.54, 1.807) is 18.9 Å². The molecular formula is C56H61F4NO8S2Si. The summed E-state index contributed by atoms with van der Waals surface area (Å²) >= 11 is 2.59. The predicted octanol–water partition coefficient (Wildman–Crippen LogP) is 12.9. The van der Waals surface area contributed by atoms with Crippen LogP contribution < -0.4 is 19.8 Å². The van der Waals surface area contributed by atoms with E-state index in [2.05, 4.69) is 20.8 Å². The molecule has 0 spiro atoms. The molecule has 72 heavy (non-hydrogen) atoms. The van der Waals surface area contributed by atoms with Crippen LogP contribution in [0, 0.1) is 6.92 Å². The number of hydrogen-bond donors (Lipinski definition) is 1. The van der Waals surface area contributed by atoms with Gasteiger partial charge in [0.25, 0.3) is 8.32 Å². The van der Waals surface area contributed by atoms with E-state index < -0.39 is 54.0 Å². The van der Waals surface area contributed by atoms with Crippen LogP contribution in [0.15, 0.2) is 127 Å². The molecule has 16 heteroatoms. The van der Waals surface area contributed by atoms with Crippen molar-refractivity contribution in [1.82, 2.24) is 4.90 Å². The number of hydrogen-bond acceptors (Lipinski definition) is 10. The second kappa shape index (κ2) is 22.1. The summed E-state index contributed by atoms with van der Waals surface area (Å²) in [7, 11) is -1.49. The van der Waals surface area contributed by atoms with Gasteiger partial charge in [-0.05, 0) is 121 Å². The number of methoxy groups -OCH3 is 1. The minimum atomic E-state index is -5.12. The first-order valence-corrected chi connectivity index (χ1v) is 27.3. The van der Waals surface area contributed by atoms with Gasteiger partial charge in [0, 0.05) is 44.8 Å². The Kier molecular flexibility index (Phi) is 16.6. The van der Waals surface area contributed by atoms with Gasteiger partial charge in [-0.15, -0.1) is 22.7 Å². The molecule has 7 rings (SSSR count). The van der Waals surface area contributed by atoms with Gasteiger partial charge in [0.15, 0.2) is 5.76 Å². The van der Waals surface area contributed by atoms with Crippen LogP contribution in [0.1, 0.15) is 69.5 Å². The van der Waals surface area contributed by atoms with Crippen LogP contribution in [0.3, 0.4) is 0 Å². The maximum Gasteiger partial charge on any atom is 0.410 e. The molecule has 6 aromatic rings. The smallest absolute Gasteiger partial charge is 0.410 e. The van der Waals surface area contributed by atoms with Gasteiger partial charge in [-0.2, -0.15) is 17.6 Å². The van der Waals surface area contributed by atoms with E-state index in [0.29, 0.717) is 52.1 Å². The number of ether oxygens (including phenoxy) is 4. The number of nitrogens with zero attached hydrogens (tertiary/aromatic N) is 1. The number of aliphatic hydroxyl groups is 1. The van der Waals surface area contributed by atoms with Crippen molar-refractivity contribution in [3.8, 4) is 31.7 Å². The number of amides is 1. The van der Waals surface area contributed by atoms with E-state index in [9.17, 15) is 23.5 Å². The highest BCUT2D eigenvalue weighted by atomic mass is 32.1. The second-order valence-corrected chi connectivity index (χ2v) is 26.2. The van der Waals surface area contributed by atoms with Crippen molar-refractivity contribution < 1.29 is 55.6 Å². The molecule has 0 saturated heterocycles. The Bertz CT molecular complexity index is 2800. The number of ketones is 1. The fraction of sp³-hybridized carbons (Fsp3) is 0.357. The predicted molar refractivity (Wildman–Crippen MR) is 280 cm³/mol. The molecule has 9 nitrogen and oxygen atoms in total. The molecule has 1 N–H and O–H groups in total. The summed E-state index contributed by atoms with van der Waals surface area (Å²) in [6.07, 6.45) is 0.192. The minimum Gasteiger partial charge on any atom is -0.506 e. The van der Waals surface area contributed by atoms with Gasteiger partial charge in [0.1, 0.15) is 23.7 Å². The lowest BCUT2D eigenvalue weighted by molar-refractivity contribution is -0.190. The maximum absolute atomic E-state index is 15.0. The number of aliphatic hydroxyl groups excluding tert-OH is 1. The van der Waals surface area contributed by atoms with E-state index in [-0.39, 0.29) is 31.7 Å². The topological polar surface area (TPSA) is 104 Å². The number of halogens is 4. The van der Waals surface area contributed by atoms with E-state index >= 15 is 8.78 Å². The summed E-state index contributed by atoms with van der Waals surface area (Å²) in [4.78, 5) is 30.5. The highest BCUT2D eigenvalue weighted by Crippen LogP contribution is 2.54. The maximum atomic E-state index is 15.0. The molecular weight excluding hydrogens is 983 g/mol. The number of Topliss-reactive ketones (excluding diaryl/α,β-unsaturated/α-hetero) is 1. The molecule has 0 unspecified atom stereocenters. The van der Waals surface area contributed by atoms with Gasteiger partial charge in [0.2, 0.25) is 5.78 Å². The second-order valence-electron chi connectivity index (χ2n) is 19.6.